The van der Waals surface area contributed by atoms with Crippen LogP contribution in [0, 0.1) is 0 Å². The Kier molecular flexibility index (Phi) is 7.59. The molecule has 162 valence electrons. The minimum atomic E-state index is -3.67. The number of rotatable bonds is 9. The van der Waals surface area contributed by atoms with Gasteiger partial charge in [-0.25, -0.2) is 18.5 Å². The average molecular weight is 454 g/mol. The minimum Gasteiger partial charge on any atom is -0.354 e. The van der Waals surface area contributed by atoms with E-state index in [4.69, 9.17) is 11.6 Å². The van der Waals surface area contributed by atoms with Gasteiger partial charge in [-0.15, -0.1) is 0 Å². The molecule has 1 fully saturated rings. The van der Waals surface area contributed by atoms with E-state index in [-0.39, 0.29) is 12.2 Å². The van der Waals surface area contributed by atoms with E-state index < -0.39 is 16.1 Å². The largest absolute Gasteiger partial charge is 0.354 e. The number of anilines is 1. The molecule has 0 bridgehead atoms. The molecule has 0 aliphatic carbocycles. The molecule has 11 heteroatoms. The van der Waals surface area contributed by atoms with E-state index in [0.29, 0.717) is 49.1 Å². The van der Waals surface area contributed by atoms with Crippen LogP contribution in [0.4, 0.5) is 5.82 Å². The molecule has 2 aromatic rings. The van der Waals surface area contributed by atoms with E-state index in [1.807, 2.05) is 11.0 Å². The zero-order valence-corrected chi connectivity index (χ0v) is 17.9. The van der Waals surface area contributed by atoms with Gasteiger partial charge in [0.2, 0.25) is 16.4 Å². The Hall–Kier alpha value is -2.27. The molecule has 1 unspecified atom stereocenters. The number of amides is 1. The summed E-state index contributed by atoms with van der Waals surface area (Å²) in [6.45, 7) is 1.58. The van der Waals surface area contributed by atoms with Gasteiger partial charge in [0.15, 0.2) is 0 Å². The van der Waals surface area contributed by atoms with Crippen molar-refractivity contribution in [3.8, 4) is 0 Å². The van der Waals surface area contributed by atoms with Gasteiger partial charge in [0.05, 0.1) is 16.8 Å². The number of carbonyl (C=O) groups is 1. The third-order valence-corrected chi connectivity index (χ3v) is 7.22. The van der Waals surface area contributed by atoms with Crippen molar-refractivity contribution in [1.29, 1.82) is 0 Å². The van der Waals surface area contributed by atoms with Crippen molar-refractivity contribution in [2.24, 2.45) is 0 Å². The zero-order valence-electron chi connectivity index (χ0n) is 16.3. The highest BCUT2D eigenvalue weighted by Crippen LogP contribution is 2.19. The van der Waals surface area contributed by atoms with Gasteiger partial charge in [0, 0.05) is 44.8 Å². The van der Waals surface area contributed by atoms with Crippen LogP contribution in [0.3, 0.4) is 0 Å². The summed E-state index contributed by atoms with van der Waals surface area (Å²) in [5, 5.41) is 10.9. The van der Waals surface area contributed by atoms with Crippen molar-refractivity contribution >= 4 is 33.9 Å². The molecule has 1 amide bonds. The van der Waals surface area contributed by atoms with Crippen molar-refractivity contribution in [1.82, 2.24) is 19.3 Å². The molecule has 0 saturated carbocycles. The number of hydroxylamine groups is 2. The second-order valence-electron chi connectivity index (χ2n) is 7.04. The molecule has 0 spiro atoms. The third-order valence-electron chi connectivity index (χ3n) is 5.04. The molecular formula is C19H24ClN5O4S. The van der Waals surface area contributed by atoms with Crippen molar-refractivity contribution in [3.63, 3.8) is 0 Å². The lowest BCUT2D eigenvalue weighted by molar-refractivity contribution is -0.158. The van der Waals surface area contributed by atoms with Crippen LogP contribution in [0.25, 0.3) is 0 Å². The molecule has 0 aromatic carbocycles. The number of sulfonamides is 1. The first-order valence-corrected chi connectivity index (χ1v) is 11.5. The van der Waals surface area contributed by atoms with Crippen LogP contribution < -0.4 is 4.90 Å². The number of hydrogen-bond acceptors (Lipinski definition) is 7. The van der Waals surface area contributed by atoms with Crippen LogP contribution in [0.2, 0.25) is 5.02 Å². The van der Waals surface area contributed by atoms with E-state index in [9.17, 15) is 18.4 Å². The highest BCUT2D eigenvalue weighted by atomic mass is 35.5. The second kappa shape index (κ2) is 10.2. The monoisotopic (exact) mass is 453 g/mol. The maximum absolute atomic E-state index is 12.9. The Bertz CT molecular complexity index is 922. The van der Waals surface area contributed by atoms with E-state index in [1.54, 1.807) is 36.8 Å². The van der Waals surface area contributed by atoms with E-state index in [1.165, 1.54) is 4.31 Å². The molecule has 30 heavy (non-hydrogen) atoms. The van der Waals surface area contributed by atoms with Crippen LogP contribution in [0.5, 0.6) is 0 Å². The first kappa shape index (κ1) is 22.4. The number of hydrogen-bond donors (Lipinski definition) is 1. The number of nitrogens with zero attached hydrogens (tertiary/aromatic N) is 5. The molecule has 1 atom stereocenters. The van der Waals surface area contributed by atoms with Crippen LogP contribution in [0.1, 0.15) is 12.0 Å². The number of halogens is 1. The molecule has 2 aromatic heterocycles. The fraction of sp³-hybridized carbons (Fsp3) is 0.421. The first-order chi connectivity index (χ1) is 14.4. The summed E-state index contributed by atoms with van der Waals surface area (Å²) in [5.41, 5.74) is 0.906. The average Bonchev–Trinajstić information content (AvgIpc) is 2.77. The lowest BCUT2D eigenvalue weighted by atomic mass is 10.1. The van der Waals surface area contributed by atoms with Gasteiger partial charge in [0.1, 0.15) is 5.82 Å². The highest BCUT2D eigenvalue weighted by Gasteiger charge is 2.31. The SMILES string of the molecule is O=CN(O)C(CCc1cccnc1)CS(=O)(=O)N1CCN(c2ccc(Cl)cn2)CC1. The minimum absolute atomic E-state index is 0.244. The first-order valence-electron chi connectivity index (χ1n) is 9.55. The molecule has 1 aliphatic heterocycles. The Balaban J connectivity index is 1.60. The molecule has 1 N–H and O–H groups in total. The van der Waals surface area contributed by atoms with Crippen molar-refractivity contribution in [2.75, 3.05) is 36.8 Å². The molecule has 1 aliphatic rings. The fourth-order valence-electron chi connectivity index (χ4n) is 3.36. The normalized spacial score (nSPS) is 16.3. The molecule has 3 heterocycles. The van der Waals surface area contributed by atoms with Gasteiger partial charge in [-0.1, -0.05) is 17.7 Å². The van der Waals surface area contributed by atoms with Crippen LogP contribution >= 0.6 is 11.6 Å². The second-order valence-corrected chi connectivity index (χ2v) is 9.49. The summed E-state index contributed by atoms with van der Waals surface area (Å²) in [6, 6.07) is 6.35. The van der Waals surface area contributed by atoms with Crippen LogP contribution in [-0.2, 0) is 21.2 Å². The molecule has 0 radical (unpaired) electrons. The summed E-state index contributed by atoms with van der Waals surface area (Å²) >= 11 is 5.86. The fourth-order valence-corrected chi connectivity index (χ4v) is 5.20. The Labute approximate surface area is 180 Å². The van der Waals surface area contributed by atoms with Gasteiger partial charge < -0.3 is 4.90 Å². The van der Waals surface area contributed by atoms with E-state index in [0.717, 1.165) is 11.4 Å². The van der Waals surface area contributed by atoms with Crippen molar-refractivity contribution in [3.05, 3.63) is 53.4 Å². The van der Waals surface area contributed by atoms with Gasteiger partial charge in [-0.05, 0) is 36.6 Å². The van der Waals surface area contributed by atoms with E-state index in [2.05, 4.69) is 9.97 Å². The number of piperazine rings is 1. The topological polar surface area (TPSA) is 107 Å². The summed E-state index contributed by atoms with van der Waals surface area (Å²) in [4.78, 5) is 21.4. The van der Waals surface area contributed by atoms with Gasteiger partial charge in [-0.2, -0.15) is 4.31 Å². The third kappa shape index (κ3) is 5.88. The smallest absolute Gasteiger partial charge is 0.233 e. The van der Waals surface area contributed by atoms with Gasteiger partial charge >= 0.3 is 0 Å². The summed E-state index contributed by atoms with van der Waals surface area (Å²) < 4.78 is 27.2. The number of aryl methyl sites for hydroxylation is 1. The molecule has 3 rings (SSSR count). The lowest BCUT2D eigenvalue weighted by Gasteiger charge is -2.35. The number of aromatic nitrogens is 2. The van der Waals surface area contributed by atoms with Crippen molar-refractivity contribution < 1.29 is 18.4 Å². The quantitative estimate of drug-likeness (QED) is 0.347. The van der Waals surface area contributed by atoms with Crippen LogP contribution in [-0.4, -0.2) is 77.3 Å². The maximum Gasteiger partial charge on any atom is 0.233 e. The Morgan fingerprint density at radius 1 is 1.20 bits per heavy atom. The van der Waals surface area contributed by atoms with E-state index >= 15 is 0 Å². The number of carbonyl (C=O) groups excluding carboxylic acids is 1. The molecule has 1 saturated heterocycles. The molecular weight excluding hydrogens is 430 g/mol. The van der Waals surface area contributed by atoms with Crippen LogP contribution in [0.15, 0.2) is 42.9 Å². The summed E-state index contributed by atoms with van der Waals surface area (Å²) in [7, 11) is -3.67. The van der Waals surface area contributed by atoms with Crippen molar-refractivity contribution in [2.45, 2.75) is 18.9 Å². The standard InChI is InChI=1S/C19H24ClN5O4S/c20-17-4-6-19(22-13-17)23-8-10-24(11-9-23)30(28,29)14-18(25(27)15-26)5-3-16-2-1-7-21-12-16/h1-2,4,6-7,12-13,15,18,27H,3,5,8-11,14H2. The van der Waals surface area contributed by atoms with Gasteiger partial charge in [0.25, 0.3) is 0 Å². The number of pyridine rings is 2. The van der Waals surface area contributed by atoms with Gasteiger partial charge in [-0.3, -0.25) is 15.0 Å². The Morgan fingerprint density at radius 2 is 1.97 bits per heavy atom. The highest BCUT2D eigenvalue weighted by molar-refractivity contribution is 7.89. The molecule has 9 nitrogen and oxygen atoms in total. The Morgan fingerprint density at radius 3 is 2.57 bits per heavy atom. The maximum atomic E-state index is 12.9. The predicted octanol–water partition coefficient (Wildman–Crippen LogP) is 1.43. The zero-order chi connectivity index (χ0) is 21.6. The predicted molar refractivity (Wildman–Crippen MR) is 113 cm³/mol. The summed E-state index contributed by atoms with van der Waals surface area (Å²) in [5.74, 6) is 0.398. The lowest BCUT2D eigenvalue weighted by Crippen LogP contribution is -2.51. The summed E-state index contributed by atoms with van der Waals surface area (Å²) in [6.07, 6.45) is 5.92.